The first kappa shape index (κ1) is 182. The molecule has 0 fully saturated rings. The Morgan fingerprint density at radius 3 is 0.500 bits per heavy atom. The van der Waals surface area contributed by atoms with Crippen LogP contribution in [0.3, 0.4) is 0 Å². The normalized spacial score (nSPS) is 0. The molecule has 0 aromatic heterocycles. The Labute approximate surface area is 96.0 Å². The molecule has 3 radical (unpaired) electrons. The standard InChI is InChI=1S/3ClH.3FH.Sb.W/h6*1H;;/q;;;;;;;+6/p-6. The van der Waals surface area contributed by atoms with Crippen molar-refractivity contribution in [1.82, 2.24) is 0 Å². The molecular weight excluding hydrogens is 469 g/mol. The van der Waals surface area contributed by atoms with E-state index in [1.807, 2.05) is 0 Å². The fourth-order valence-corrected chi connectivity index (χ4v) is 0. The number of hydrogen-bond donors (Lipinski definition) is 0. The van der Waals surface area contributed by atoms with Crippen molar-refractivity contribution in [2.75, 3.05) is 0 Å². The maximum absolute atomic E-state index is 0. The molecule has 0 N–H and O–H groups in total. The third-order valence-electron chi connectivity index (χ3n) is 0. The molecule has 0 unspecified atom stereocenters. The van der Waals surface area contributed by atoms with Crippen molar-refractivity contribution in [3.05, 3.63) is 0 Å². The van der Waals surface area contributed by atoms with Crippen LogP contribution in [0.15, 0.2) is 0 Å². The zero-order valence-corrected chi connectivity index (χ0v) is 10.9. The second-order valence-corrected chi connectivity index (χ2v) is 0. The summed E-state index contributed by atoms with van der Waals surface area (Å²) in [5.74, 6) is 0. The van der Waals surface area contributed by atoms with Gasteiger partial charge in [0.15, 0.2) is 0 Å². The summed E-state index contributed by atoms with van der Waals surface area (Å²) < 4.78 is 0. The van der Waals surface area contributed by atoms with Crippen LogP contribution in [0, 0.1) is 0 Å². The van der Waals surface area contributed by atoms with Crippen LogP contribution in [-0.2, 0) is 21.1 Å². The fourth-order valence-electron chi connectivity index (χ4n) is 0. The van der Waals surface area contributed by atoms with E-state index in [4.69, 9.17) is 0 Å². The molecule has 0 aromatic carbocycles. The summed E-state index contributed by atoms with van der Waals surface area (Å²) in [5, 5.41) is 0. The van der Waals surface area contributed by atoms with E-state index >= 15 is 0 Å². The molecule has 8 heavy (non-hydrogen) atoms. The van der Waals surface area contributed by atoms with E-state index in [0.717, 1.165) is 0 Å². The van der Waals surface area contributed by atoms with Crippen molar-refractivity contribution in [1.29, 1.82) is 0 Å². The molecule has 0 atom stereocenters. The fraction of sp³-hybridized carbons (Fsp3) is 0. The third kappa shape index (κ3) is 89.4. The second kappa shape index (κ2) is 130. The third-order valence-corrected chi connectivity index (χ3v) is 0. The van der Waals surface area contributed by atoms with Gasteiger partial charge in [-0.05, 0) is 0 Å². The number of hydrogen-bond acceptors (Lipinski definition) is 0. The van der Waals surface area contributed by atoms with Gasteiger partial charge in [-0.2, -0.15) is 0 Å². The molecule has 0 amide bonds. The van der Waals surface area contributed by atoms with Gasteiger partial charge in [0.25, 0.3) is 0 Å². The molecule has 0 saturated heterocycles. The first-order valence-corrected chi connectivity index (χ1v) is 0. The number of halogens is 6. The molecule has 0 aliphatic heterocycles. The predicted molar refractivity (Wildman–Crippen MR) is 5.75 cm³/mol. The molecule has 0 saturated carbocycles. The average Bonchev–Trinajstić information content (AvgIpc) is 0. The molecule has 0 nitrogen and oxygen atoms in total. The zero-order valence-electron chi connectivity index (χ0n) is 3.12. The van der Waals surface area contributed by atoms with Gasteiger partial charge < -0.3 is 51.3 Å². The number of rotatable bonds is 0. The van der Waals surface area contributed by atoms with E-state index in [0.29, 0.717) is 0 Å². The quantitative estimate of drug-likeness (QED) is 0.310. The van der Waals surface area contributed by atoms with Crippen LogP contribution in [0.4, 0.5) is 0 Å². The van der Waals surface area contributed by atoms with E-state index < -0.39 is 0 Å². The van der Waals surface area contributed by atoms with Gasteiger partial charge in [0.05, 0.1) is 0 Å². The molecule has 0 bridgehead atoms. The Balaban J connectivity index is 0. The van der Waals surface area contributed by atoms with Crippen LogP contribution >= 0.6 is 0 Å². The first-order valence-electron chi connectivity index (χ1n) is 0. The summed E-state index contributed by atoms with van der Waals surface area (Å²) in [6.07, 6.45) is 0. The Morgan fingerprint density at radius 1 is 0.500 bits per heavy atom. The smallest absolute Gasteiger partial charge is 1.00 e. The van der Waals surface area contributed by atoms with Crippen LogP contribution in [0.1, 0.15) is 0 Å². The van der Waals surface area contributed by atoms with Crippen LogP contribution in [0.2, 0.25) is 0 Å². The first-order chi connectivity index (χ1) is 0. The Hall–Kier alpha value is 2.17. The largest absolute Gasteiger partial charge is 6.00 e. The average molecular weight is 469 g/mol. The second-order valence-electron chi connectivity index (χ2n) is 0. The molecule has 0 aliphatic rings. The van der Waals surface area contributed by atoms with Crippen LogP contribution in [0.25, 0.3) is 0 Å². The van der Waals surface area contributed by atoms with Gasteiger partial charge in [0.2, 0.25) is 0 Å². The van der Waals surface area contributed by atoms with Crippen LogP contribution < -0.4 is 51.3 Å². The van der Waals surface area contributed by atoms with E-state index in [1.165, 1.54) is 0 Å². The molecule has 0 aromatic rings. The van der Waals surface area contributed by atoms with Crippen molar-refractivity contribution in [2.24, 2.45) is 0 Å². The molecular formula is Cl3F3SbW. The maximum atomic E-state index is 0. The van der Waals surface area contributed by atoms with Crippen LogP contribution in [-0.4, -0.2) is 24.4 Å². The molecule has 0 heterocycles. The van der Waals surface area contributed by atoms with Gasteiger partial charge in [0.1, 0.15) is 0 Å². The minimum atomic E-state index is 0. The van der Waals surface area contributed by atoms with Crippen molar-refractivity contribution < 1.29 is 72.4 Å². The van der Waals surface area contributed by atoms with Gasteiger partial charge in [-0.3, -0.25) is 0 Å². The molecule has 53 valence electrons. The van der Waals surface area contributed by atoms with Crippen LogP contribution in [0.5, 0.6) is 0 Å². The van der Waals surface area contributed by atoms with E-state index in [9.17, 15) is 0 Å². The summed E-state index contributed by atoms with van der Waals surface area (Å²) in [7, 11) is 0. The zero-order chi connectivity index (χ0) is 0. The van der Waals surface area contributed by atoms with Gasteiger partial charge in [-0.1, -0.05) is 0 Å². The minimum Gasteiger partial charge on any atom is -1.00 e. The van der Waals surface area contributed by atoms with Crippen molar-refractivity contribution in [3.8, 4) is 0 Å². The summed E-state index contributed by atoms with van der Waals surface area (Å²) in [4.78, 5) is 0. The summed E-state index contributed by atoms with van der Waals surface area (Å²) in [6.45, 7) is 0. The topological polar surface area (TPSA) is 0 Å². The predicted octanol–water partition coefficient (Wildman–Crippen LogP) is -18.4. The summed E-state index contributed by atoms with van der Waals surface area (Å²) in [6, 6.07) is 0. The van der Waals surface area contributed by atoms with E-state index in [2.05, 4.69) is 0 Å². The van der Waals surface area contributed by atoms with Gasteiger partial charge in [0, 0.05) is 24.4 Å². The Kier molecular flexibility index (Phi) is 2960. The summed E-state index contributed by atoms with van der Waals surface area (Å²) >= 11 is 0. The molecule has 0 rings (SSSR count). The van der Waals surface area contributed by atoms with Gasteiger partial charge >= 0.3 is 21.1 Å². The van der Waals surface area contributed by atoms with E-state index in [-0.39, 0.29) is 96.8 Å². The van der Waals surface area contributed by atoms with Crippen molar-refractivity contribution >= 4 is 24.4 Å². The maximum Gasteiger partial charge on any atom is 6.00 e. The van der Waals surface area contributed by atoms with Gasteiger partial charge in [-0.15, -0.1) is 0 Å². The van der Waals surface area contributed by atoms with Crippen molar-refractivity contribution in [3.63, 3.8) is 0 Å². The van der Waals surface area contributed by atoms with E-state index in [1.54, 1.807) is 0 Å². The molecule has 0 aliphatic carbocycles. The molecule has 0 spiro atoms. The monoisotopic (exact) mass is 467 g/mol. The summed E-state index contributed by atoms with van der Waals surface area (Å²) in [5.41, 5.74) is 0. The van der Waals surface area contributed by atoms with Gasteiger partial charge in [-0.25, -0.2) is 0 Å². The minimum absolute atomic E-state index is 0. The Morgan fingerprint density at radius 2 is 0.500 bits per heavy atom. The Bertz CT molecular complexity index is 14.5. The molecule has 8 heteroatoms. The SMILES string of the molecule is [Cl-].[Cl-].[Cl-].[F-].[F-].[F-].[Sb].[W+6]. The van der Waals surface area contributed by atoms with Crippen molar-refractivity contribution in [2.45, 2.75) is 0 Å².